The van der Waals surface area contributed by atoms with Crippen LogP contribution >= 0.6 is 0 Å². The van der Waals surface area contributed by atoms with Crippen LogP contribution in [-0.2, 0) is 9.59 Å². The summed E-state index contributed by atoms with van der Waals surface area (Å²) >= 11 is 0. The van der Waals surface area contributed by atoms with Crippen molar-refractivity contribution in [2.75, 3.05) is 41.0 Å². The molecule has 2 atom stereocenters. The van der Waals surface area contributed by atoms with Gasteiger partial charge in [0.05, 0.1) is 40.2 Å². The fraction of sp³-hybridized carbons (Fsp3) is 0.440. The quantitative estimate of drug-likeness (QED) is 0.287. The summed E-state index contributed by atoms with van der Waals surface area (Å²) < 4.78 is 21.5. The molecule has 2 bridgehead atoms. The second-order valence-corrected chi connectivity index (χ2v) is 8.38. The summed E-state index contributed by atoms with van der Waals surface area (Å²) in [5, 5.41) is 0. The van der Waals surface area contributed by atoms with Crippen LogP contribution in [0.5, 0.6) is 23.0 Å². The van der Waals surface area contributed by atoms with E-state index in [4.69, 9.17) is 18.9 Å². The van der Waals surface area contributed by atoms with E-state index in [1.165, 1.54) is 38.4 Å². The van der Waals surface area contributed by atoms with Crippen molar-refractivity contribution >= 4 is 17.6 Å². The molecule has 1 aromatic heterocycles. The number of amides is 2. The van der Waals surface area contributed by atoms with Crippen molar-refractivity contribution < 1.29 is 33.3 Å². The van der Waals surface area contributed by atoms with Gasteiger partial charge < -0.3 is 28.7 Å². The Balaban J connectivity index is 1.41. The zero-order valence-electron chi connectivity index (χ0n) is 20.1. The average molecular weight is 484 g/mol. The summed E-state index contributed by atoms with van der Waals surface area (Å²) in [6.07, 6.45) is 5.18. The number of aromatic nitrogens is 1. The Morgan fingerprint density at radius 2 is 1.83 bits per heavy atom. The summed E-state index contributed by atoms with van der Waals surface area (Å²) in [4.78, 5) is 46.7. The SMILES string of the molecule is COc1cc(C(=O)C(=O)N2C3CCC2C(=O)N(CCCOc2cccnc2)C3)cc(OC)c1OC. The molecule has 10 nitrogen and oxygen atoms in total. The summed E-state index contributed by atoms with van der Waals surface area (Å²) in [5.74, 6) is 0.0221. The van der Waals surface area contributed by atoms with Gasteiger partial charge >= 0.3 is 0 Å². The first-order valence-electron chi connectivity index (χ1n) is 11.5. The van der Waals surface area contributed by atoms with Gasteiger partial charge in [-0.25, -0.2) is 0 Å². The van der Waals surface area contributed by atoms with E-state index in [-0.39, 0.29) is 29.0 Å². The normalized spacial score (nSPS) is 18.9. The molecule has 0 saturated carbocycles. The second-order valence-electron chi connectivity index (χ2n) is 8.38. The second kappa shape index (κ2) is 10.6. The zero-order valence-corrected chi connectivity index (χ0v) is 20.1. The minimum Gasteiger partial charge on any atom is -0.493 e. The molecule has 10 heteroatoms. The molecule has 2 unspecified atom stereocenters. The Bertz CT molecular complexity index is 1070. The van der Waals surface area contributed by atoms with Crippen LogP contribution in [0.15, 0.2) is 36.7 Å². The van der Waals surface area contributed by atoms with Crippen molar-refractivity contribution in [2.45, 2.75) is 31.3 Å². The molecule has 2 aromatic rings. The molecule has 186 valence electrons. The van der Waals surface area contributed by atoms with Crippen LogP contribution in [-0.4, -0.2) is 85.5 Å². The van der Waals surface area contributed by atoms with Crippen molar-refractivity contribution in [1.82, 2.24) is 14.8 Å². The molecule has 0 N–H and O–H groups in total. The van der Waals surface area contributed by atoms with Gasteiger partial charge in [0.25, 0.3) is 11.7 Å². The lowest BCUT2D eigenvalue weighted by atomic mass is 10.1. The lowest BCUT2D eigenvalue weighted by Crippen LogP contribution is -2.60. The van der Waals surface area contributed by atoms with E-state index in [1.54, 1.807) is 23.4 Å². The van der Waals surface area contributed by atoms with Gasteiger partial charge in [-0.2, -0.15) is 0 Å². The van der Waals surface area contributed by atoms with Gasteiger partial charge in [0.2, 0.25) is 11.7 Å². The number of rotatable bonds is 10. The first-order chi connectivity index (χ1) is 17.0. The highest BCUT2D eigenvalue weighted by Gasteiger charge is 2.49. The van der Waals surface area contributed by atoms with Gasteiger partial charge in [0, 0.05) is 24.8 Å². The zero-order chi connectivity index (χ0) is 24.9. The number of benzene rings is 1. The third-order valence-corrected chi connectivity index (χ3v) is 6.36. The van der Waals surface area contributed by atoms with E-state index < -0.39 is 17.7 Å². The van der Waals surface area contributed by atoms with Crippen LogP contribution in [0.2, 0.25) is 0 Å². The summed E-state index contributed by atoms with van der Waals surface area (Å²) in [7, 11) is 4.33. The van der Waals surface area contributed by atoms with E-state index in [0.717, 1.165) is 0 Å². The summed E-state index contributed by atoms with van der Waals surface area (Å²) in [6.45, 7) is 1.37. The maximum atomic E-state index is 13.2. The Morgan fingerprint density at radius 3 is 2.46 bits per heavy atom. The van der Waals surface area contributed by atoms with Crippen molar-refractivity contribution in [3.8, 4) is 23.0 Å². The maximum Gasteiger partial charge on any atom is 0.295 e. The van der Waals surface area contributed by atoms with Gasteiger partial charge in [0.15, 0.2) is 11.5 Å². The van der Waals surface area contributed by atoms with Crippen molar-refractivity contribution in [1.29, 1.82) is 0 Å². The van der Waals surface area contributed by atoms with Gasteiger partial charge in [-0.05, 0) is 43.5 Å². The lowest BCUT2D eigenvalue weighted by Gasteiger charge is -2.40. The fourth-order valence-corrected chi connectivity index (χ4v) is 4.70. The smallest absolute Gasteiger partial charge is 0.295 e. The van der Waals surface area contributed by atoms with Crippen LogP contribution in [0, 0.1) is 0 Å². The lowest BCUT2D eigenvalue weighted by molar-refractivity contribution is -0.149. The number of ether oxygens (including phenoxy) is 4. The number of Topliss-reactive ketones (excluding diaryl/α,β-unsaturated/α-hetero) is 1. The van der Waals surface area contributed by atoms with E-state index >= 15 is 0 Å². The highest BCUT2D eigenvalue weighted by atomic mass is 16.5. The molecular formula is C25H29N3O7. The Morgan fingerprint density at radius 1 is 1.09 bits per heavy atom. The molecule has 0 aliphatic carbocycles. The molecule has 2 fully saturated rings. The molecule has 2 amide bonds. The topological polar surface area (TPSA) is 108 Å². The molecule has 2 aliphatic heterocycles. The van der Waals surface area contributed by atoms with E-state index in [0.29, 0.717) is 50.5 Å². The Labute approximate surface area is 203 Å². The molecule has 3 heterocycles. The number of hydrogen-bond donors (Lipinski definition) is 0. The number of fused-ring (bicyclic) bond motifs is 2. The van der Waals surface area contributed by atoms with Gasteiger partial charge in [0.1, 0.15) is 11.8 Å². The van der Waals surface area contributed by atoms with Gasteiger partial charge in [-0.1, -0.05) is 0 Å². The standard InChI is InChI=1S/C25H29N3O7/c1-32-20-12-16(13-21(33-2)23(20)34-3)22(29)25(31)28-17-7-8-19(28)24(30)27(15-17)10-5-11-35-18-6-4-9-26-14-18/h4,6,9,12-14,17,19H,5,7-8,10-11,15H2,1-3H3. The average Bonchev–Trinajstić information content (AvgIpc) is 3.24. The number of carbonyl (C=O) groups excluding carboxylic acids is 3. The minimum absolute atomic E-state index is 0.117. The number of piperazine rings is 1. The highest BCUT2D eigenvalue weighted by Crippen LogP contribution is 2.39. The van der Waals surface area contributed by atoms with E-state index in [1.807, 2.05) is 6.07 Å². The van der Waals surface area contributed by atoms with Crippen LogP contribution in [0.25, 0.3) is 0 Å². The largest absolute Gasteiger partial charge is 0.493 e. The summed E-state index contributed by atoms with van der Waals surface area (Å²) in [6, 6.07) is 5.69. The van der Waals surface area contributed by atoms with E-state index in [9.17, 15) is 14.4 Å². The molecule has 2 aliphatic rings. The first-order valence-corrected chi connectivity index (χ1v) is 11.5. The minimum atomic E-state index is -0.715. The van der Waals surface area contributed by atoms with E-state index in [2.05, 4.69) is 4.98 Å². The van der Waals surface area contributed by atoms with Crippen LogP contribution in [0.1, 0.15) is 29.6 Å². The molecule has 4 rings (SSSR count). The number of ketones is 1. The third kappa shape index (κ3) is 4.87. The van der Waals surface area contributed by atoms with Crippen molar-refractivity contribution in [2.24, 2.45) is 0 Å². The summed E-state index contributed by atoms with van der Waals surface area (Å²) in [5.41, 5.74) is 0.117. The number of carbonyl (C=O) groups is 3. The first kappa shape index (κ1) is 24.3. The molecular weight excluding hydrogens is 454 g/mol. The van der Waals surface area contributed by atoms with Crippen LogP contribution in [0.3, 0.4) is 0 Å². The number of nitrogens with zero attached hydrogens (tertiary/aromatic N) is 3. The number of pyridine rings is 1. The predicted octanol–water partition coefficient (Wildman–Crippen LogP) is 1.96. The molecule has 2 saturated heterocycles. The molecule has 0 spiro atoms. The Hall–Kier alpha value is -3.82. The van der Waals surface area contributed by atoms with Crippen LogP contribution in [0.4, 0.5) is 0 Å². The van der Waals surface area contributed by atoms with Gasteiger partial charge in [-0.15, -0.1) is 0 Å². The number of likely N-dealkylation sites (tertiary alicyclic amines) is 1. The fourth-order valence-electron chi connectivity index (χ4n) is 4.70. The van der Waals surface area contributed by atoms with Gasteiger partial charge in [-0.3, -0.25) is 19.4 Å². The monoisotopic (exact) mass is 483 g/mol. The number of hydrogen-bond acceptors (Lipinski definition) is 8. The maximum absolute atomic E-state index is 13.2. The highest BCUT2D eigenvalue weighted by molar-refractivity contribution is 6.43. The number of methoxy groups -OCH3 is 3. The van der Waals surface area contributed by atoms with Crippen molar-refractivity contribution in [3.05, 3.63) is 42.2 Å². The molecule has 0 radical (unpaired) electrons. The predicted molar refractivity (Wildman–Crippen MR) is 125 cm³/mol. The Kier molecular flexibility index (Phi) is 7.38. The molecule has 1 aromatic carbocycles. The van der Waals surface area contributed by atoms with Crippen molar-refractivity contribution in [3.63, 3.8) is 0 Å². The third-order valence-electron chi connectivity index (χ3n) is 6.36. The molecule has 35 heavy (non-hydrogen) atoms. The van der Waals surface area contributed by atoms with Crippen LogP contribution < -0.4 is 18.9 Å².